The second-order valence-electron chi connectivity index (χ2n) is 4.72. The summed E-state index contributed by atoms with van der Waals surface area (Å²) < 4.78 is 22.7. The lowest BCUT2D eigenvalue weighted by molar-refractivity contribution is -0.121. The van der Waals surface area contributed by atoms with E-state index in [1.54, 1.807) is 30.4 Å². The summed E-state index contributed by atoms with van der Waals surface area (Å²) in [7, 11) is -3.74. The van der Waals surface area contributed by atoms with Gasteiger partial charge >= 0.3 is 0 Å². The molecule has 0 unspecified atom stereocenters. The van der Waals surface area contributed by atoms with Gasteiger partial charge in [0.05, 0.1) is 17.4 Å². The number of nitrogens with one attached hydrogen (secondary N) is 1. The number of sulfonamides is 1. The van der Waals surface area contributed by atoms with E-state index in [2.05, 4.69) is 5.32 Å². The van der Waals surface area contributed by atoms with Crippen LogP contribution >= 0.6 is 11.3 Å². The molecule has 1 aromatic carbocycles. The number of carbonyl (C=O) groups is 1. The van der Waals surface area contributed by atoms with Crippen molar-refractivity contribution >= 4 is 27.3 Å². The van der Waals surface area contributed by atoms with Crippen molar-refractivity contribution in [2.45, 2.75) is 24.3 Å². The van der Waals surface area contributed by atoms with Crippen LogP contribution in [0.3, 0.4) is 0 Å². The van der Waals surface area contributed by atoms with Gasteiger partial charge in [-0.2, -0.15) is 11.3 Å². The maximum Gasteiger partial charge on any atom is 0.238 e. The minimum absolute atomic E-state index is 0.0407. The fraction of sp³-hybridized carbons (Fsp3) is 0.214. The van der Waals surface area contributed by atoms with Gasteiger partial charge in [0.25, 0.3) is 0 Å². The molecule has 0 aliphatic carbocycles. The molecule has 5 nitrogen and oxygen atoms in total. The van der Waals surface area contributed by atoms with Crippen LogP contribution in [0.4, 0.5) is 0 Å². The Bertz CT molecular complexity index is 724. The Kier molecular flexibility index (Phi) is 4.76. The highest BCUT2D eigenvalue weighted by Crippen LogP contribution is 2.17. The Morgan fingerprint density at radius 2 is 2.14 bits per heavy atom. The SMILES string of the molecule is C[C@@H](NC(=O)Cc1ccsc1)c1cccc(S(N)(=O)=O)c1. The van der Waals surface area contributed by atoms with Crippen molar-refractivity contribution in [1.82, 2.24) is 5.32 Å². The summed E-state index contributed by atoms with van der Waals surface area (Å²) >= 11 is 1.54. The monoisotopic (exact) mass is 324 g/mol. The van der Waals surface area contributed by atoms with Gasteiger partial charge in [-0.1, -0.05) is 12.1 Å². The lowest BCUT2D eigenvalue weighted by Crippen LogP contribution is -2.28. The molecule has 0 saturated heterocycles. The lowest BCUT2D eigenvalue weighted by atomic mass is 10.1. The first kappa shape index (κ1) is 15.7. The number of nitrogens with two attached hydrogens (primary N) is 1. The standard InChI is InChI=1S/C14H16N2O3S2/c1-10(16-14(17)7-11-5-6-20-9-11)12-3-2-4-13(8-12)21(15,18)19/h2-6,8-10H,7H2,1H3,(H,16,17)(H2,15,18,19)/t10-/m1/s1. The Morgan fingerprint density at radius 3 is 2.76 bits per heavy atom. The molecule has 3 N–H and O–H groups in total. The van der Waals surface area contributed by atoms with E-state index in [4.69, 9.17) is 5.14 Å². The molecular weight excluding hydrogens is 308 g/mol. The van der Waals surface area contributed by atoms with Crippen molar-refractivity contribution in [2.75, 3.05) is 0 Å². The highest BCUT2D eigenvalue weighted by molar-refractivity contribution is 7.89. The van der Waals surface area contributed by atoms with Crippen LogP contribution in [0.5, 0.6) is 0 Å². The maximum absolute atomic E-state index is 11.9. The Labute approximate surface area is 127 Å². The minimum atomic E-state index is -3.74. The average Bonchev–Trinajstić information content (AvgIpc) is 2.90. The quantitative estimate of drug-likeness (QED) is 0.879. The highest BCUT2D eigenvalue weighted by atomic mass is 32.2. The topological polar surface area (TPSA) is 89.3 Å². The van der Waals surface area contributed by atoms with Gasteiger partial charge in [0.2, 0.25) is 15.9 Å². The van der Waals surface area contributed by atoms with Gasteiger partial charge in [-0.15, -0.1) is 0 Å². The zero-order valence-corrected chi connectivity index (χ0v) is 13.1. The molecule has 7 heteroatoms. The van der Waals surface area contributed by atoms with E-state index >= 15 is 0 Å². The number of rotatable bonds is 5. The van der Waals surface area contributed by atoms with Crippen LogP contribution in [0.15, 0.2) is 46.0 Å². The predicted octanol–water partition coefficient (Wildman–Crippen LogP) is 1.82. The summed E-state index contributed by atoms with van der Waals surface area (Å²) in [5, 5.41) is 11.8. The first-order valence-corrected chi connectivity index (χ1v) is 8.78. The average molecular weight is 324 g/mol. The summed E-state index contributed by atoms with van der Waals surface area (Å²) in [5.41, 5.74) is 1.66. The fourth-order valence-electron chi connectivity index (χ4n) is 1.92. The first-order valence-electron chi connectivity index (χ1n) is 6.29. The number of amides is 1. The summed E-state index contributed by atoms with van der Waals surface area (Å²) in [5.74, 6) is -0.109. The molecule has 0 spiro atoms. The number of thiophene rings is 1. The maximum atomic E-state index is 11.9. The molecule has 0 aliphatic heterocycles. The summed E-state index contributed by atoms with van der Waals surface area (Å²) in [6.45, 7) is 1.80. The molecular formula is C14H16N2O3S2. The molecule has 0 aliphatic rings. The molecule has 2 aromatic rings. The number of hydrogen-bond donors (Lipinski definition) is 2. The van der Waals surface area contributed by atoms with E-state index in [9.17, 15) is 13.2 Å². The van der Waals surface area contributed by atoms with E-state index in [-0.39, 0.29) is 16.8 Å². The zero-order chi connectivity index (χ0) is 15.5. The molecule has 2 rings (SSSR count). The third-order valence-electron chi connectivity index (χ3n) is 3.01. The molecule has 0 fully saturated rings. The molecule has 0 radical (unpaired) electrons. The van der Waals surface area contributed by atoms with Crippen molar-refractivity contribution in [3.8, 4) is 0 Å². The second-order valence-corrected chi connectivity index (χ2v) is 7.06. The lowest BCUT2D eigenvalue weighted by Gasteiger charge is -2.15. The van der Waals surface area contributed by atoms with Gasteiger partial charge in [-0.3, -0.25) is 4.79 Å². The van der Waals surface area contributed by atoms with Gasteiger partial charge < -0.3 is 5.32 Å². The van der Waals surface area contributed by atoms with Gasteiger partial charge in [0.15, 0.2) is 0 Å². The van der Waals surface area contributed by atoms with E-state index < -0.39 is 10.0 Å². The van der Waals surface area contributed by atoms with Gasteiger partial charge in [0.1, 0.15) is 0 Å². The number of carbonyl (C=O) groups excluding carboxylic acids is 1. The molecule has 1 heterocycles. The van der Waals surface area contributed by atoms with Crippen LogP contribution in [-0.2, 0) is 21.2 Å². The summed E-state index contributed by atoms with van der Waals surface area (Å²) in [6, 6.07) is 7.87. The van der Waals surface area contributed by atoms with E-state index in [1.807, 2.05) is 16.8 Å². The van der Waals surface area contributed by atoms with Gasteiger partial charge in [-0.25, -0.2) is 13.6 Å². The number of benzene rings is 1. The largest absolute Gasteiger partial charge is 0.349 e. The van der Waals surface area contributed by atoms with Crippen molar-refractivity contribution < 1.29 is 13.2 Å². The first-order chi connectivity index (χ1) is 9.86. The van der Waals surface area contributed by atoms with Crippen LogP contribution < -0.4 is 10.5 Å². The smallest absolute Gasteiger partial charge is 0.238 e. The number of hydrogen-bond acceptors (Lipinski definition) is 4. The van der Waals surface area contributed by atoms with Crippen molar-refractivity contribution in [3.63, 3.8) is 0 Å². The summed E-state index contributed by atoms with van der Waals surface area (Å²) in [4.78, 5) is 12.0. The molecule has 21 heavy (non-hydrogen) atoms. The van der Waals surface area contributed by atoms with Crippen molar-refractivity contribution in [3.05, 3.63) is 52.2 Å². The normalized spacial score (nSPS) is 12.9. The molecule has 1 atom stereocenters. The number of primary sulfonamides is 1. The van der Waals surface area contributed by atoms with Crippen molar-refractivity contribution in [2.24, 2.45) is 5.14 Å². The van der Waals surface area contributed by atoms with Crippen LogP contribution in [0, 0.1) is 0 Å². The van der Waals surface area contributed by atoms with E-state index in [0.717, 1.165) is 5.56 Å². The van der Waals surface area contributed by atoms with Crippen molar-refractivity contribution in [1.29, 1.82) is 0 Å². The van der Waals surface area contributed by atoms with E-state index in [1.165, 1.54) is 12.1 Å². The van der Waals surface area contributed by atoms with Crippen LogP contribution in [0.2, 0.25) is 0 Å². The molecule has 0 bridgehead atoms. The Morgan fingerprint density at radius 1 is 1.38 bits per heavy atom. The molecule has 0 saturated carbocycles. The Balaban J connectivity index is 2.06. The molecule has 112 valence electrons. The fourth-order valence-corrected chi connectivity index (χ4v) is 3.15. The predicted molar refractivity (Wildman–Crippen MR) is 82.4 cm³/mol. The Hall–Kier alpha value is -1.70. The highest BCUT2D eigenvalue weighted by Gasteiger charge is 2.13. The third-order valence-corrected chi connectivity index (χ3v) is 4.65. The van der Waals surface area contributed by atoms with Gasteiger partial charge in [0, 0.05) is 0 Å². The van der Waals surface area contributed by atoms with Crippen LogP contribution in [-0.4, -0.2) is 14.3 Å². The summed E-state index contributed by atoms with van der Waals surface area (Å²) in [6.07, 6.45) is 0.308. The minimum Gasteiger partial charge on any atom is -0.349 e. The van der Waals surface area contributed by atoms with Gasteiger partial charge in [-0.05, 0) is 47.0 Å². The van der Waals surface area contributed by atoms with E-state index in [0.29, 0.717) is 12.0 Å². The molecule has 1 amide bonds. The van der Waals surface area contributed by atoms with Crippen LogP contribution in [0.25, 0.3) is 0 Å². The molecule has 1 aromatic heterocycles. The zero-order valence-electron chi connectivity index (χ0n) is 11.4. The van der Waals surface area contributed by atoms with Crippen LogP contribution in [0.1, 0.15) is 24.1 Å². The third kappa shape index (κ3) is 4.38. The second kappa shape index (κ2) is 6.38.